The molecule has 0 atom stereocenters. The second-order valence-corrected chi connectivity index (χ2v) is 8.19. The van der Waals surface area contributed by atoms with Crippen LogP contribution in [0.25, 0.3) is 0 Å². The largest absolute Gasteiger partial charge is 0.273 e. The lowest BCUT2D eigenvalue weighted by Crippen LogP contribution is -2.56. The van der Waals surface area contributed by atoms with Gasteiger partial charge in [-0.3, -0.25) is 9.59 Å². The zero-order valence-electron chi connectivity index (χ0n) is 15.0. The monoisotopic (exact) mass is 410 g/mol. The third kappa shape index (κ3) is 4.53. The molecule has 0 aliphatic rings. The van der Waals surface area contributed by atoms with Crippen molar-refractivity contribution in [1.82, 2.24) is 10.0 Å². The van der Waals surface area contributed by atoms with Gasteiger partial charge in [-0.05, 0) is 78.8 Å². The highest BCUT2D eigenvalue weighted by Crippen LogP contribution is 2.26. The van der Waals surface area contributed by atoms with Crippen LogP contribution in [0.1, 0.15) is 41.5 Å². The molecule has 0 radical (unpaired) electrons. The maximum Gasteiger partial charge on any atom is 0.273 e. The van der Waals surface area contributed by atoms with E-state index in [1.54, 1.807) is 55.6 Å². The number of rotatable bonds is 3. The first-order valence-corrected chi connectivity index (χ1v) is 9.94. The third-order valence-electron chi connectivity index (χ3n) is 3.72. The van der Waals surface area contributed by atoms with Gasteiger partial charge in [-0.25, -0.2) is 10.0 Å². The fourth-order valence-corrected chi connectivity index (χ4v) is 3.33. The minimum absolute atomic E-state index is 0.286. The van der Waals surface area contributed by atoms with Crippen molar-refractivity contribution in [3.8, 4) is 0 Å². The van der Waals surface area contributed by atoms with E-state index < -0.39 is 5.54 Å². The van der Waals surface area contributed by atoms with E-state index in [-0.39, 0.29) is 11.8 Å². The fraction of sp³-hybridized carbons (Fsp3) is 0.263. The van der Waals surface area contributed by atoms with E-state index in [2.05, 4.69) is 0 Å². The Hall–Kier alpha value is -1.69. The normalized spacial score (nSPS) is 11.2. The number of benzene rings is 2. The lowest BCUT2D eigenvalue weighted by molar-refractivity contribution is -0.0308. The minimum Gasteiger partial charge on any atom is -0.267 e. The first-order valence-electron chi connectivity index (χ1n) is 7.92. The molecule has 2 aromatic carbocycles. The summed E-state index contributed by atoms with van der Waals surface area (Å²) in [7, 11) is 8.37. The molecule has 0 saturated carbocycles. The highest BCUT2D eigenvalue weighted by molar-refractivity contribution is 8.21. The van der Waals surface area contributed by atoms with Crippen molar-refractivity contribution in [2.75, 3.05) is 7.05 Å². The van der Waals surface area contributed by atoms with Crippen molar-refractivity contribution in [2.24, 2.45) is 0 Å². The molecule has 0 saturated heterocycles. The van der Waals surface area contributed by atoms with Gasteiger partial charge in [0.05, 0.1) is 16.1 Å². The minimum atomic E-state index is -0.622. The van der Waals surface area contributed by atoms with Crippen LogP contribution >= 0.6 is 33.3 Å². The Bertz CT molecular complexity index is 804. The molecule has 138 valence electrons. The number of hydrogen-bond acceptors (Lipinski definition) is 3. The van der Waals surface area contributed by atoms with E-state index in [4.69, 9.17) is 22.3 Å². The van der Waals surface area contributed by atoms with Crippen LogP contribution in [0.3, 0.4) is 0 Å². The zero-order chi connectivity index (χ0) is 19.5. The van der Waals surface area contributed by atoms with Crippen molar-refractivity contribution >= 4 is 45.1 Å². The van der Waals surface area contributed by atoms with Crippen LogP contribution in [0, 0.1) is 0 Å². The van der Waals surface area contributed by atoms with E-state index >= 15 is 0 Å². The van der Waals surface area contributed by atoms with Crippen molar-refractivity contribution in [1.29, 1.82) is 0 Å². The number of hydrogen-bond donors (Lipinski definition) is 0. The molecule has 2 aromatic rings. The summed E-state index contributed by atoms with van der Waals surface area (Å²) in [5.41, 5.74) is 0.184. The molecular weight excluding hydrogens is 391 g/mol. The Labute approximate surface area is 167 Å². The summed E-state index contributed by atoms with van der Waals surface area (Å²) in [4.78, 5) is 26.9. The SMILES string of the molecule is CN(C(=O)c1ccccc1Cl)N(C(=O)c1ccc(SCl)cc1)C(C)(C)C. The molecule has 4 nitrogen and oxygen atoms in total. The highest BCUT2D eigenvalue weighted by Gasteiger charge is 2.34. The Kier molecular flexibility index (Phi) is 6.61. The van der Waals surface area contributed by atoms with Crippen LogP contribution < -0.4 is 0 Å². The van der Waals surface area contributed by atoms with E-state index in [9.17, 15) is 9.59 Å². The maximum atomic E-state index is 13.1. The van der Waals surface area contributed by atoms with Gasteiger partial charge >= 0.3 is 0 Å². The van der Waals surface area contributed by atoms with Crippen molar-refractivity contribution in [3.63, 3.8) is 0 Å². The number of amides is 2. The first-order chi connectivity index (χ1) is 12.2. The van der Waals surface area contributed by atoms with Crippen molar-refractivity contribution in [2.45, 2.75) is 31.2 Å². The molecule has 0 aliphatic carbocycles. The van der Waals surface area contributed by atoms with Crippen molar-refractivity contribution in [3.05, 3.63) is 64.7 Å². The summed E-state index contributed by atoms with van der Waals surface area (Å²) in [6.07, 6.45) is 0. The average molecular weight is 411 g/mol. The molecule has 7 heteroatoms. The topological polar surface area (TPSA) is 40.6 Å². The van der Waals surface area contributed by atoms with Gasteiger partial charge in [0, 0.05) is 17.5 Å². The van der Waals surface area contributed by atoms with Gasteiger partial charge in [0.2, 0.25) is 0 Å². The lowest BCUT2D eigenvalue weighted by Gasteiger charge is -2.41. The standard InChI is InChI=1S/C19H20Cl2N2O2S/c1-19(2,3)23(17(24)13-9-11-14(26-21)12-10-13)22(4)18(25)15-7-5-6-8-16(15)20/h5-12H,1-4H3. The summed E-state index contributed by atoms with van der Waals surface area (Å²) in [5, 5.41) is 3.09. The molecule has 0 spiro atoms. The van der Waals surface area contributed by atoms with Crippen LogP contribution in [-0.2, 0) is 0 Å². The summed E-state index contributed by atoms with van der Waals surface area (Å²) < 4.78 is 0. The van der Waals surface area contributed by atoms with Gasteiger partial charge < -0.3 is 0 Å². The van der Waals surface area contributed by atoms with Crippen molar-refractivity contribution < 1.29 is 9.59 Å². The number of carbonyl (C=O) groups is 2. The van der Waals surface area contributed by atoms with Crippen LogP contribution in [0.4, 0.5) is 0 Å². The van der Waals surface area contributed by atoms with Gasteiger partial charge in [0.15, 0.2) is 0 Å². The average Bonchev–Trinajstić information content (AvgIpc) is 2.60. The molecule has 0 unspecified atom stereocenters. The summed E-state index contributed by atoms with van der Waals surface area (Å²) in [6.45, 7) is 5.60. The summed E-state index contributed by atoms with van der Waals surface area (Å²) in [6, 6.07) is 13.7. The van der Waals surface area contributed by atoms with Crippen LogP contribution in [0.15, 0.2) is 53.4 Å². The zero-order valence-corrected chi connectivity index (χ0v) is 17.3. The van der Waals surface area contributed by atoms with Crippen LogP contribution in [0.5, 0.6) is 0 Å². The quantitative estimate of drug-likeness (QED) is 0.625. The highest BCUT2D eigenvalue weighted by atomic mass is 35.7. The molecule has 2 rings (SSSR count). The predicted octanol–water partition coefficient (Wildman–Crippen LogP) is 5.51. The molecular formula is C19H20Cl2N2O2S. The van der Waals surface area contributed by atoms with Gasteiger partial charge in [-0.15, -0.1) is 0 Å². The summed E-state index contributed by atoms with van der Waals surface area (Å²) >= 11 is 6.15. The predicted molar refractivity (Wildman–Crippen MR) is 108 cm³/mol. The van der Waals surface area contributed by atoms with E-state index in [1.165, 1.54) is 10.0 Å². The molecule has 0 aromatic heterocycles. The third-order valence-corrected chi connectivity index (χ3v) is 5.03. The molecule has 0 aliphatic heterocycles. The Morgan fingerprint density at radius 1 is 0.962 bits per heavy atom. The fourth-order valence-electron chi connectivity index (χ4n) is 2.56. The molecule has 0 fully saturated rings. The van der Waals surface area contributed by atoms with E-state index in [0.717, 1.165) is 15.9 Å². The Morgan fingerprint density at radius 2 is 1.54 bits per heavy atom. The molecule has 0 heterocycles. The number of nitrogens with zero attached hydrogens (tertiary/aromatic N) is 2. The van der Waals surface area contributed by atoms with Gasteiger partial charge in [0.1, 0.15) is 0 Å². The van der Waals surface area contributed by atoms with E-state index in [0.29, 0.717) is 16.1 Å². The second-order valence-electron chi connectivity index (χ2n) is 6.70. The van der Waals surface area contributed by atoms with Gasteiger partial charge in [0.25, 0.3) is 11.8 Å². The molecule has 2 amide bonds. The molecule has 26 heavy (non-hydrogen) atoms. The first kappa shape index (κ1) is 20.6. The second kappa shape index (κ2) is 8.33. The lowest BCUT2D eigenvalue weighted by atomic mass is 10.1. The number of hydrazine groups is 1. The Balaban J connectivity index is 2.39. The van der Waals surface area contributed by atoms with Gasteiger partial charge in [-0.1, -0.05) is 23.7 Å². The number of halogens is 2. The maximum absolute atomic E-state index is 13.1. The smallest absolute Gasteiger partial charge is 0.267 e. The molecule has 0 bridgehead atoms. The summed E-state index contributed by atoms with van der Waals surface area (Å²) in [5.74, 6) is -0.640. The molecule has 0 N–H and O–H groups in total. The van der Waals surface area contributed by atoms with Gasteiger partial charge in [-0.2, -0.15) is 0 Å². The van der Waals surface area contributed by atoms with Crippen LogP contribution in [-0.4, -0.2) is 34.4 Å². The van der Waals surface area contributed by atoms with Crippen LogP contribution in [0.2, 0.25) is 5.02 Å². The Morgan fingerprint density at radius 3 is 2.04 bits per heavy atom. The number of carbonyl (C=O) groups excluding carboxylic acids is 2. The van der Waals surface area contributed by atoms with E-state index in [1.807, 2.05) is 20.8 Å².